The van der Waals surface area contributed by atoms with Gasteiger partial charge in [0.1, 0.15) is 12.6 Å². The van der Waals surface area contributed by atoms with Crippen LogP contribution in [0.15, 0.2) is 30.3 Å². The Hall–Kier alpha value is -1.63. The monoisotopic (exact) mass is 351 g/mol. The number of rotatable bonds is 8. The van der Waals surface area contributed by atoms with Crippen LogP contribution in [-0.2, 0) is 9.47 Å². The molecule has 0 radical (unpaired) electrons. The minimum Gasteiger partial charge on any atom is -0.450 e. The Morgan fingerprint density at radius 2 is 1.92 bits per heavy atom. The van der Waals surface area contributed by atoms with Gasteiger partial charge in [-0.3, -0.25) is 4.90 Å². The van der Waals surface area contributed by atoms with Gasteiger partial charge in [0.05, 0.1) is 46.0 Å². The van der Waals surface area contributed by atoms with E-state index in [2.05, 4.69) is 19.1 Å². The number of aliphatic hydroxyl groups is 1. The summed E-state index contributed by atoms with van der Waals surface area (Å²) in [4.78, 5) is 14.7. The van der Waals surface area contributed by atoms with Crippen molar-refractivity contribution in [2.45, 2.75) is 25.9 Å². The molecule has 0 aliphatic carbocycles. The highest BCUT2D eigenvalue weighted by atomic mass is 16.6. The lowest BCUT2D eigenvalue weighted by atomic mass is 10.0. The normalized spacial score (nSPS) is 18.0. The molecule has 1 aromatic carbocycles. The van der Waals surface area contributed by atoms with Gasteiger partial charge in [-0.25, -0.2) is 4.79 Å². The zero-order valence-electron chi connectivity index (χ0n) is 15.3. The first-order valence-corrected chi connectivity index (χ1v) is 9.16. The summed E-state index contributed by atoms with van der Waals surface area (Å²) < 4.78 is 10.7. The number of ether oxygens (including phenoxy) is 2. The summed E-state index contributed by atoms with van der Waals surface area (Å²) in [6.07, 6.45) is -0.715. The molecule has 2 N–H and O–H groups in total. The minimum absolute atomic E-state index is 0.236. The molecular weight excluding hydrogens is 320 g/mol. The number of carbonyl (C=O) groups is 1. The summed E-state index contributed by atoms with van der Waals surface area (Å²) in [5.74, 6) is 0.314. The van der Waals surface area contributed by atoms with Gasteiger partial charge in [-0.1, -0.05) is 37.3 Å². The predicted molar refractivity (Wildman–Crippen MR) is 95.8 cm³/mol. The summed E-state index contributed by atoms with van der Waals surface area (Å²) in [6.45, 7) is 8.96. The van der Waals surface area contributed by atoms with E-state index < -0.39 is 6.10 Å². The third-order valence-corrected chi connectivity index (χ3v) is 4.57. The Kier molecular flexibility index (Phi) is 8.18. The van der Waals surface area contributed by atoms with E-state index in [1.807, 2.05) is 25.1 Å². The summed E-state index contributed by atoms with van der Waals surface area (Å²) >= 11 is 0. The van der Waals surface area contributed by atoms with Gasteiger partial charge in [-0.15, -0.1) is 0 Å². The van der Waals surface area contributed by atoms with Gasteiger partial charge < -0.3 is 19.5 Å². The summed E-state index contributed by atoms with van der Waals surface area (Å²) in [7, 11) is 0. The van der Waals surface area contributed by atoms with Crippen molar-refractivity contribution in [3.63, 3.8) is 0 Å². The summed E-state index contributed by atoms with van der Waals surface area (Å²) in [5, 5.41) is 10.2. The molecule has 2 atom stereocenters. The second kappa shape index (κ2) is 10.4. The number of nitrogens with one attached hydrogen (secondary N) is 1. The smallest absolute Gasteiger partial charge is 0.410 e. The van der Waals surface area contributed by atoms with Crippen molar-refractivity contribution in [1.82, 2.24) is 4.90 Å². The van der Waals surface area contributed by atoms with Crippen molar-refractivity contribution in [2.75, 3.05) is 52.5 Å². The van der Waals surface area contributed by atoms with Gasteiger partial charge in [-0.2, -0.15) is 0 Å². The Balaban J connectivity index is 1.61. The van der Waals surface area contributed by atoms with Crippen LogP contribution >= 0.6 is 0 Å². The van der Waals surface area contributed by atoms with Crippen molar-refractivity contribution >= 4 is 6.09 Å². The molecule has 0 saturated carbocycles. The highest BCUT2D eigenvalue weighted by Gasteiger charge is 2.26. The molecule has 1 aliphatic heterocycles. The van der Waals surface area contributed by atoms with E-state index in [0.717, 1.165) is 13.1 Å². The fourth-order valence-electron chi connectivity index (χ4n) is 3.08. The number of nitrogens with zero attached hydrogens (tertiary/aromatic N) is 1. The van der Waals surface area contributed by atoms with E-state index in [1.165, 1.54) is 10.5 Å². The number of amides is 1. The first-order valence-electron chi connectivity index (χ1n) is 9.16. The molecule has 140 valence electrons. The second-order valence-corrected chi connectivity index (χ2v) is 6.64. The zero-order chi connectivity index (χ0) is 18.1. The molecule has 6 heteroatoms. The average molecular weight is 351 g/mol. The maximum atomic E-state index is 11.7. The SMILES string of the molecule is CCOC(=O)N1CC[NH+](C[C@H](O)COC[C@@H](C)c2ccccc2)CC1. The molecule has 1 aliphatic rings. The Morgan fingerprint density at radius 3 is 2.56 bits per heavy atom. The van der Waals surface area contributed by atoms with Crippen LogP contribution in [0.3, 0.4) is 0 Å². The van der Waals surface area contributed by atoms with E-state index in [4.69, 9.17) is 9.47 Å². The lowest BCUT2D eigenvalue weighted by Gasteiger charge is -2.32. The maximum Gasteiger partial charge on any atom is 0.410 e. The van der Waals surface area contributed by atoms with Gasteiger partial charge in [0.15, 0.2) is 0 Å². The van der Waals surface area contributed by atoms with E-state index in [0.29, 0.717) is 45.4 Å². The Morgan fingerprint density at radius 1 is 1.24 bits per heavy atom. The second-order valence-electron chi connectivity index (χ2n) is 6.64. The number of benzene rings is 1. The van der Waals surface area contributed by atoms with Crippen LogP contribution in [0, 0.1) is 0 Å². The number of carbonyl (C=O) groups excluding carboxylic acids is 1. The number of hydrogen-bond donors (Lipinski definition) is 2. The van der Waals surface area contributed by atoms with Gasteiger partial charge in [0, 0.05) is 5.92 Å². The molecule has 1 fully saturated rings. The quantitative estimate of drug-likeness (QED) is 0.717. The first-order chi connectivity index (χ1) is 12.1. The lowest BCUT2D eigenvalue weighted by Crippen LogP contribution is -3.15. The molecule has 0 bridgehead atoms. The number of piperazine rings is 1. The standard InChI is InChI=1S/C19H30N2O4/c1-3-25-19(23)21-11-9-20(10-12-21)13-18(22)15-24-14-16(2)17-7-5-4-6-8-17/h4-8,16,18,22H,3,9-15H2,1-2H3/p+1/t16-,18+/m1/s1. The zero-order valence-corrected chi connectivity index (χ0v) is 15.3. The fraction of sp³-hybridized carbons (Fsp3) is 0.632. The van der Waals surface area contributed by atoms with Crippen LogP contribution < -0.4 is 4.90 Å². The van der Waals surface area contributed by atoms with Crippen LogP contribution in [-0.4, -0.2) is 74.7 Å². The van der Waals surface area contributed by atoms with Crippen molar-refractivity contribution in [2.24, 2.45) is 0 Å². The third kappa shape index (κ3) is 6.65. The highest BCUT2D eigenvalue weighted by Crippen LogP contribution is 2.14. The number of hydrogen-bond acceptors (Lipinski definition) is 4. The van der Waals surface area contributed by atoms with Gasteiger partial charge in [0.25, 0.3) is 0 Å². The molecule has 0 unspecified atom stereocenters. The average Bonchev–Trinajstić information content (AvgIpc) is 2.63. The van der Waals surface area contributed by atoms with Crippen molar-refractivity contribution in [3.8, 4) is 0 Å². The molecule has 1 heterocycles. The van der Waals surface area contributed by atoms with Crippen LogP contribution in [0.1, 0.15) is 25.3 Å². The van der Waals surface area contributed by atoms with Crippen LogP contribution in [0.5, 0.6) is 0 Å². The molecule has 2 rings (SSSR count). The molecule has 0 aromatic heterocycles. The molecule has 0 spiro atoms. The summed E-state index contributed by atoms with van der Waals surface area (Å²) in [5.41, 5.74) is 1.25. The van der Waals surface area contributed by atoms with Crippen LogP contribution in [0.4, 0.5) is 4.79 Å². The molecule has 6 nitrogen and oxygen atoms in total. The number of aliphatic hydroxyl groups excluding tert-OH is 1. The lowest BCUT2D eigenvalue weighted by molar-refractivity contribution is -0.907. The fourth-order valence-corrected chi connectivity index (χ4v) is 3.08. The van der Waals surface area contributed by atoms with Crippen molar-refractivity contribution in [1.29, 1.82) is 0 Å². The largest absolute Gasteiger partial charge is 0.450 e. The van der Waals surface area contributed by atoms with E-state index >= 15 is 0 Å². The number of quaternary nitrogens is 1. The maximum absolute atomic E-state index is 11.7. The van der Waals surface area contributed by atoms with Crippen molar-refractivity contribution in [3.05, 3.63) is 35.9 Å². The topological polar surface area (TPSA) is 63.4 Å². The summed E-state index contributed by atoms with van der Waals surface area (Å²) in [6, 6.07) is 10.3. The molecule has 1 aromatic rings. The van der Waals surface area contributed by atoms with Crippen LogP contribution in [0.2, 0.25) is 0 Å². The molecule has 1 amide bonds. The predicted octanol–water partition coefficient (Wildman–Crippen LogP) is 0.525. The highest BCUT2D eigenvalue weighted by molar-refractivity contribution is 5.67. The third-order valence-electron chi connectivity index (χ3n) is 4.57. The van der Waals surface area contributed by atoms with Crippen molar-refractivity contribution < 1.29 is 24.3 Å². The van der Waals surface area contributed by atoms with E-state index in [1.54, 1.807) is 4.90 Å². The van der Waals surface area contributed by atoms with E-state index in [-0.39, 0.29) is 6.09 Å². The molecule has 1 saturated heterocycles. The van der Waals surface area contributed by atoms with Crippen LogP contribution in [0.25, 0.3) is 0 Å². The molecule has 25 heavy (non-hydrogen) atoms. The Labute approximate surface area is 150 Å². The van der Waals surface area contributed by atoms with Gasteiger partial charge >= 0.3 is 6.09 Å². The first kappa shape index (κ1) is 19.7. The minimum atomic E-state index is -0.480. The van der Waals surface area contributed by atoms with Gasteiger partial charge in [0.2, 0.25) is 0 Å². The molecular formula is C19H31N2O4+. The van der Waals surface area contributed by atoms with E-state index in [9.17, 15) is 9.90 Å². The van der Waals surface area contributed by atoms with Gasteiger partial charge in [-0.05, 0) is 12.5 Å². The Bertz CT molecular complexity index is 503.